The van der Waals surface area contributed by atoms with Gasteiger partial charge in [-0.3, -0.25) is 9.78 Å². The molecule has 2 aromatic rings. The van der Waals surface area contributed by atoms with Crippen molar-refractivity contribution in [3.63, 3.8) is 0 Å². The zero-order chi connectivity index (χ0) is 18.6. The van der Waals surface area contributed by atoms with Gasteiger partial charge in [0, 0.05) is 44.1 Å². The van der Waals surface area contributed by atoms with Crippen molar-refractivity contribution in [1.29, 1.82) is 0 Å². The van der Waals surface area contributed by atoms with E-state index in [-0.39, 0.29) is 25.0 Å². The third-order valence-electron chi connectivity index (χ3n) is 3.90. The fourth-order valence-electron chi connectivity index (χ4n) is 2.51. The van der Waals surface area contributed by atoms with Crippen molar-refractivity contribution in [2.45, 2.75) is 6.61 Å². The minimum atomic E-state index is -3.22. The number of pyridine rings is 1. The van der Waals surface area contributed by atoms with Crippen LogP contribution in [0.4, 0.5) is 0 Å². The smallest absolute Gasteiger partial charge is 0.252 e. The van der Waals surface area contributed by atoms with E-state index in [1.807, 2.05) is 6.07 Å². The van der Waals surface area contributed by atoms with E-state index in [0.29, 0.717) is 32.0 Å². The molecule has 140 valence electrons. The summed E-state index contributed by atoms with van der Waals surface area (Å²) in [5.41, 5.74) is 0.724. The van der Waals surface area contributed by atoms with Crippen molar-refractivity contribution in [1.82, 2.24) is 24.3 Å². The standard InChI is InChI=1S/C15H19N5O5S/c1-26(22,23)20-7-5-19(6-8-20)14(21)11-24-10-13-17-15(18-25-13)12-3-2-4-16-9-12/h2-4,9H,5-8,10-11H2,1H3. The van der Waals surface area contributed by atoms with Crippen LogP contribution in [0.5, 0.6) is 0 Å². The Labute approximate surface area is 150 Å². The molecule has 3 rings (SSSR count). The minimum Gasteiger partial charge on any atom is -0.362 e. The molecule has 26 heavy (non-hydrogen) atoms. The molecule has 10 nitrogen and oxygen atoms in total. The second-order valence-electron chi connectivity index (χ2n) is 5.79. The van der Waals surface area contributed by atoms with Crippen molar-refractivity contribution in [2.75, 3.05) is 39.0 Å². The predicted octanol–water partition coefficient (Wildman–Crippen LogP) is -0.248. The highest BCUT2D eigenvalue weighted by molar-refractivity contribution is 7.88. The summed E-state index contributed by atoms with van der Waals surface area (Å²) in [7, 11) is -3.22. The molecule has 0 aliphatic carbocycles. The van der Waals surface area contributed by atoms with Crippen LogP contribution < -0.4 is 0 Å². The summed E-state index contributed by atoms with van der Waals surface area (Å²) in [4.78, 5) is 21.9. The van der Waals surface area contributed by atoms with E-state index in [9.17, 15) is 13.2 Å². The van der Waals surface area contributed by atoms with Crippen molar-refractivity contribution in [3.05, 3.63) is 30.4 Å². The van der Waals surface area contributed by atoms with Crippen LogP contribution >= 0.6 is 0 Å². The zero-order valence-electron chi connectivity index (χ0n) is 14.2. The molecule has 1 fully saturated rings. The summed E-state index contributed by atoms with van der Waals surface area (Å²) in [6.07, 6.45) is 4.43. The zero-order valence-corrected chi connectivity index (χ0v) is 15.1. The van der Waals surface area contributed by atoms with Gasteiger partial charge >= 0.3 is 0 Å². The van der Waals surface area contributed by atoms with E-state index in [1.54, 1.807) is 23.4 Å². The first kappa shape index (κ1) is 18.4. The SMILES string of the molecule is CS(=O)(=O)N1CCN(C(=O)COCc2nc(-c3cccnc3)no2)CC1. The van der Waals surface area contributed by atoms with Gasteiger partial charge in [0.05, 0.1) is 6.26 Å². The Morgan fingerprint density at radius 3 is 2.73 bits per heavy atom. The maximum Gasteiger partial charge on any atom is 0.252 e. The molecule has 0 bridgehead atoms. The number of carbonyl (C=O) groups is 1. The molecule has 0 N–H and O–H groups in total. The highest BCUT2D eigenvalue weighted by Crippen LogP contribution is 2.14. The number of aromatic nitrogens is 3. The van der Waals surface area contributed by atoms with Gasteiger partial charge < -0.3 is 14.2 Å². The lowest BCUT2D eigenvalue weighted by Gasteiger charge is -2.33. The largest absolute Gasteiger partial charge is 0.362 e. The van der Waals surface area contributed by atoms with Crippen molar-refractivity contribution in [2.24, 2.45) is 0 Å². The van der Waals surface area contributed by atoms with Crippen LogP contribution in [0.1, 0.15) is 5.89 Å². The molecule has 11 heteroatoms. The fraction of sp³-hybridized carbons (Fsp3) is 0.467. The van der Waals surface area contributed by atoms with Crippen LogP contribution in [0, 0.1) is 0 Å². The lowest BCUT2D eigenvalue weighted by atomic mass is 10.3. The Morgan fingerprint density at radius 1 is 1.31 bits per heavy atom. The number of ether oxygens (including phenoxy) is 1. The van der Waals surface area contributed by atoms with Crippen molar-refractivity contribution >= 4 is 15.9 Å². The quantitative estimate of drug-likeness (QED) is 0.672. The van der Waals surface area contributed by atoms with Gasteiger partial charge in [0.2, 0.25) is 21.8 Å². The van der Waals surface area contributed by atoms with Gasteiger partial charge in [0.1, 0.15) is 13.2 Å². The normalized spacial score (nSPS) is 16.0. The molecule has 2 aromatic heterocycles. The monoisotopic (exact) mass is 381 g/mol. The number of sulfonamides is 1. The van der Waals surface area contributed by atoms with Gasteiger partial charge in [-0.2, -0.15) is 9.29 Å². The van der Waals surface area contributed by atoms with Gasteiger partial charge in [-0.05, 0) is 12.1 Å². The Bertz CT molecular complexity index is 846. The molecular weight excluding hydrogens is 362 g/mol. The summed E-state index contributed by atoms with van der Waals surface area (Å²) >= 11 is 0. The Kier molecular flexibility index (Phi) is 5.59. The van der Waals surface area contributed by atoms with Crippen LogP contribution in [0.25, 0.3) is 11.4 Å². The molecule has 0 radical (unpaired) electrons. The lowest BCUT2D eigenvalue weighted by molar-refractivity contribution is -0.138. The van der Waals surface area contributed by atoms with Gasteiger partial charge in [-0.15, -0.1) is 0 Å². The summed E-state index contributed by atoms with van der Waals surface area (Å²) in [5.74, 6) is 0.462. The molecule has 1 aliphatic heterocycles. The van der Waals surface area contributed by atoms with Gasteiger partial charge in [0.15, 0.2) is 0 Å². The maximum absolute atomic E-state index is 12.1. The number of nitrogens with zero attached hydrogens (tertiary/aromatic N) is 5. The first-order valence-electron chi connectivity index (χ1n) is 7.97. The molecule has 1 saturated heterocycles. The molecular formula is C15H19N5O5S. The average molecular weight is 381 g/mol. The number of carbonyl (C=O) groups excluding carboxylic acids is 1. The van der Waals surface area contributed by atoms with Crippen molar-refractivity contribution < 1.29 is 22.5 Å². The number of piperazine rings is 1. The third-order valence-corrected chi connectivity index (χ3v) is 5.20. The summed E-state index contributed by atoms with van der Waals surface area (Å²) in [5, 5.41) is 3.84. The van der Waals surface area contributed by atoms with E-state index in [2.05, 4.69) is 15.1 Å². The van der Waals surface area contributed by atoms with E-state index in [1.165, 1.54) is 4.31 Å². The third kappa shape index (κ3) is 4.62. The van der Waals surface area contributed by atoms with E-state index in [4.69, 9.17) is 9.26 Å². The highest BCUT2D eigenvalue weighted by atomic mass is 32.2. The van der Waals surface area contributed by atoms with Gasteiger partial charge in [-0.1, -0.05) is 5.16 Å². The minimum absolute atomic E-state index is 0.0162. The van der Waals surface area contributed by atoms with E-state index in [0.717, 1.165) is 11.8 Å². The van der Waals surface area contributed by atoms with Gasteiger partial charge in [0.25, 0.3) is 5.89 Å². The van der Waals surface area contributed by atoms with Crippen molar-refractivity contribution in [3.8, 4) is 11.4 Å². The molecule has 1 aliphatic rings. The Hall–Kier alpha value is -2.37. The maximum atomic E-state index is 12.1. The Balaban J connectivity index is 1.44. The second-order valence-corrected chi connectivity index (χ2v) is 7.77. The van der Waals surface area contributed by atoms with E-state index >= 15 is 0 Å². The Morgan fingerprint density at radius 2 is 2.08 bits per heavy atom. The molecule has 0 saturated carbocycles. The summed E-state index contributed by atoms with van der Waals surface area (Å²) < 4.78 is 34.7. The molecule has 0 spiro atoms. The number of rotatable bonds is 6. The van der Waals surface area contributed by atoms with Gasteiger partial charge in [-0.25, -0.2) is 8.42 Å². The van der Waals surface area contributed by atoms with Crippen LogP contribution in [-0.2, 0) is 26.2 Å². The first-order chi connectivity index (χ1) is 12.4. The molecule has 1 amide bonds. The summed E-state index contributed by atoms with van der Waals surface area (Å²) in [6.45, 7) is 1.17. The number of hydrogen-bond donors (Lipinski definition) is 0. The second kappa shape index (κ2) is 7.89. The molecule has 0 unspecified atom stereocenters. The number of hydrogen-bond acceptors (Lipinski definition) is 8. The molecule has 3 heterocycles. The van der Waals surface area contributed by atoms with Crippen LogP contribution in [0.2, 0.25) is 0 Å². The average Bonchev–Trinajstić information content (AvgIpc) is 3.11. The van der Waals surface area contributed by atoms with E-state index < -0.39 is 10.0 Å². The highest BCUT2D eigenvalue weighted by Gasteiger charge is 2.26. The summed E-state index contributed by atoms with van der Waals surface area (Å²) in [6, 6.07) is 3.58. The topological polar surface area (TPSA) is 119 Å². The van der Waals surface area contributed by atoms with Crippen LogP contribution in [-0.4, -0.2) is 77.7 Å². The predicted molar refractivity (Wildman–Crippen MR) is 90.2 cm³/mol. The van der Waals surface area contributed by atoms with Crippen LogP contribution in [0.3, 0.4) is 0 Å². The fourth-order valence-corrected chi connectivity index (χ4v) is 3.34. The first-order valence-corrected chi connectivity index (χ1v) is 9.82. The molecule has 0 aromatic carbocycles. The van der Waals surface area contributed by atoms with Crippen LogP contribution in [0.15, 0.2) is 29.0 Å². The molecule has 0 atom stereocenters. The number of amides is 1. The lowest BCUT2D eigenvalue weighted by Crippen LogP contribution is -2.51.